The van der Waals surface area contributed by atoms with Gasteiger partial charge in [-0.25, -0.2) is 8.42 Å². The van der Waals surface area contributed by atoms with E-state index in [1.807, 2.05) is 13.8 Å². The summed E-state index contributed by atoms with van der Waals surface area (Å²) in [6, 6.07) is 6.85. The lowest BCUT2D eigenvalue weighted by molar-refractivity contribution is -0.151. The van der Waals surface area contributed by atoms with Crippen molar-refractivity contribution in [1.82, 2.24) is 4.31 Å². The molecule has 5 nitrogen and oxygen atoms in total. The van der Waals surface area contributed by atoms with Crippen LogP contribution in [0.15, 0.2) is 29.2 Å². The van der Waals surface area contributed by atoms with E-state index in [1.165, 1.54) is 11.4 Å². The zero-order valence-corrected chi connectivity index (χ0v) is 18.0. The minimum Gasteiger partial charge on any atom is -0.468 e. The molecule has 1 aromatic carbocycles. The third-order valence-corrected chi connectivity index (χ3v) is 9.06. The topological polar surface area (TPSA) is 63.7 Å². The maximum Gasteiger partial charge on any atom is 0.327 e. The molecular formula is C21H31NO4S. The van der Waals surface area contributed by atoms with Gasteiger partial charge in [0.2, 0.25) is 10.0 Å². The minimum atomic E-state index is -3.86. The van der Waals surface area contributed by atoms with Gasteiger partial charge in [0.15, 0.2) is 0 Å². The monoisotopic (exact) mass is 393 g/mol. The van der Waals surface area contributed by atoms with E-state index >= 15 is 0 Å². The number of rotatable bonds is 3. The maximum atomic E-state index is 13.8. The Labute approximate surface area is 163 Å². The van der Waals surface area contributed by atoms with Gasteiger partial charge in [-0.3, -0.25) is 4.79 Å². The summed E-state index contributed by atoms with van der Waals surface area (Å²) < 4.78 is 34.1. The van der Waals surface area contributed by atoms with Crippen LogP contribution in [0, 0.1) is 18.3 Å². The Morgan fingerprint density at radius 2 is 1.70 bits per heavy atom. The summed E-state index contributed by atoms with van der Waals surface area (Å²) in [6.45, 7) is 10.0. The van der Waals surface area contributed by atoms with E-state index in [9.17, 15) is 13.2 Å². The molecule has 1 heterocycles. The lowest BCUT2D eigenvalue weighted by atomic mass is 9.60. The van der Waals surface area contributed by atoms with Crippen LogP contribution in [0.2, 0.25) is 0 Å². The molecule has 1 aliphatic heterocycles. The van der Waals surface area contributed by atoms with Crippen LogP contribution in [0.1, 0.15) is 58.9 Å². The molecule has 0 aromatic heterocycles. The molecule has 1 aliphatic carbocycles. The lowest BCUT2D eigenvalue weighted by Gasteiger charge is -2.50. The Bertz CT molecular complexity index is 845. The van der Waals surface area contributed by atoms with E-state index in [1.54, 1.807) is 31.2 Å². The number of ether oxygens (including phenoxy) is 1. The van der Waals surface area contributed by atoms with Gasteiger partial charge in [0.1, 0.15) is 5.54 Å². The predicted molar refractivity (Wildman–Crippen MR) is 105 cm³/mol. The largest absolute Gasteiger partial charge is 0.468 e. The summed E-state index contributed by atoms with van der Waals surface area (Å²) in [5.74, 6) is -0.396. The first-order chi connectivity index (χ1) is 12.4. The summed E-state index contributed by atoms with van der Waals surface area (Å²) in [7, 11) is -2.53. The maximum absolute atomic E-state index is 13.8. The molecule has 0 amide bonds. The number of methoxy groups -OCH3 is 1. The highest BCUT2D eigenvalue weighted by molar-refractivity contribution is 7.89. The van der Waals surface area contributed by atoms with E-state index in [4.69, 9.17) is 4.74 Å². The Morgan fingerprint density at radius 1 is 1.11 bits per heavy atom. The molecule has 3 rings (SSSR count). The number of carbonyl (C=O) groups is 1. The van der Waals surface area contributed by atoms with Crippen molar-refractivity contribution in [2.75, 3.05) is 7.11 Å². The van der Waals surface area contributed by atoms with Crippen molar-refractivity contribution in [3.8, 4) is 0 Å². The number of esters is 1. The highest BCUT2D eigenvalue weighted by atomic mass is 32.2. The Balaban J connectivity index is 2.22. The number of fused-ring (bicyclic) bond motifs is 1. The molecule has 2 aliphatic rings. The predicted octanol–water partition coefficient (Wildman–Crippen LogP) is 3.91. The fraction of sp³-hybridized carbons (Fsp3) is 0.667. The molecule has 3 unspecified atom stereocenters. The van der Waals surface area contributed by atoms with Crippen LogP contribution in [0.4, 0.5) is 0 Å². The van der Waals surface area contributed by atoms with Crippen molar-refractivity contribution < 1.29 is 17.9 Å². The minimum absolute atomic E-state index is 0.0418. The van der Waals surface area contributed by atoms with Gasteiger partial charge in [0, 0.05) is 5.54 Å². The van der Waals surface area contributed by atoms with E-state index in [0.717, 1.165) is 24.8 Å². The van der Waals surface area contributed by atoms with Gasteiger partial charge >= 0.3 is 5.97 Å². The van der Waals surface area contributed by atoms with E-state index in [0.29, 0.717) is 6.42 Å². The number of aryl methyl sites for hydroxylation is 1. The van der Waals surface area contributed by atoms with Gasteiger partial charge < -0.3 is 4.74 Å². The van der Waals surface area contributed by atoms with E-state index < -0.39 is 27.1 Å². The van der Waals surface area contributed by atoms with Crippen LogP contribution in [-0.4, -0.2) is 36.9 Å². The molecule has 2 fully saturated rings. The highest BCUT2D eigenvalue weighted by Crippen LogP contribution is 2.60. The molecule has 0 bridgehead atoms. The average molecular weight is 394 g/mol. The number of sulfonamides is 1. The fourth-order valence-electron chi connectivity index (χ4n) is 5.62. The van der Waals surface area contributed by atoms with Crippen LogP contribution in [0.25, 0.3) is 0 Å². The zero-order chi connectivity index (χ0) is 20.3. The van der Waals surface area contributed by atoms with Gasteiger partial charge in [0.05, 0.1) is 12.0 Å². The van der Waals surface area contributed by atoms with Crippen LogP contribution in [0.3, 0.4) is 0 Å². The van der Waals surface area contributed by atoms with Gasteiger partial charge in [-0.15, -0.1) is 0 Å². The summed E-state index contributed by atoms with van der Waals surface area (Å²) in [4.78, 5) is 13.1. The Kier molecular flexibility index (Phi) is 4.75. The van der Waals surface area contributed by atoms with Crippen molar-refractivity contribution in [3.63, 3.8) is 0 Å². The molecule has 0 N–H and O–H groups in total. The van der Waals surface area contributed by atoms with Crippen molar-refractivity contribution in [2.24, 2.45) is 11.3 Å². The van der Waals surface area contributed by atoms with Crippen LogP contribution < -0.4 is 0 Å². The van der Waals surface area contributed by atoms with Gasteiger partial charge in [-0.05, 0) is 63.5 Å². The quantitative estimate of drug-likeness (QED) is 0.731. The van der Waals surface area contributed by atoms with Crippen molar-refractivity contribution in [2.45, 2.75) is 76.3 Å². The molecule has 3 atom stereocenters. The number of hydrogen-bond donors (Lipinski definition) is 0. The van der Waals surface area contributed by atoms with Crippen LogP contribution >= 0.6 is 0 Å². The van der Waals surface area contributed by atoms with E-state index in [-0.39, 0.29) is 16.2 Å². The molecule has 6 heteroatoms. The molecule has 0 radical (unpaired) electrons. The Morgan fingerprint density at radius 3 is 2.26 bits per heavy atom. The first-order valence-electron chi connectivity index (χ1n) is 9.60. The summed E-state index contributed by atoms with van der Waals surface area (Å²) >= 11 is 0. The first-order valence-corrected chi connectivity index (χ1v) is 11.0. The van der Waals surface area contributed by atoms with Gasteiger partial charge in [-0.2, -0.15) is 4.31 Å². The van der Waals surface area contributed by atoms with Gasteiger partial charge in [-0.1, -0.05) is 38.0 Å². The standard InChI is InChI=1S/C21H31NO4S/c1-15-8-10-16(11-9-15)27(24,25)22-20(4)13-7-12-19(2,3)17(20)14-21(22,5)18(23)26-6/h8-11,17H,7,12-14H2,1-6H3. The zero-order valence-electron chi connectivity index (χ0n) is 17.2. The summed E-state index contributed by atoms with van der Waals surface area (Å²) in [5, 5.41) is 0. The lowest BCUT2D eigenvalue weighted by Crippen LogP contribution is -2.60. The highest BCUT2D eigenvalue weighted by Gasteiger charge is 2.67. The molecule has 27 heavy (non-hydrogen) atoms. The number of nitrogens with zero attached hydrogens (tertiary/aromatic N) is 1. The second kappa shape index (κ2) is 6.31. The first kappa shape index (κ1) is 20.3. The molecule has 1 saturated heterocycles. The van der Waals surface area contributed by atoms with Crippen LogP contribution in [0.5, 0.6) is 0 Å². The summed E-state index contributed by atoms with van der Waals surface area (Å²) in [5.41, 5.74) is -0.873. The normalized spacial score (nSPS) is 33.5. The second-order valence-electron chi connectivity index (χ2n) is 9.30. The summed E-state index contributed by atoms with van der Waals surface area (Å²) in [6.07, 6.45) is 3.20. The van der Waals surface area contributed by atoms with Gasteiger partial charge in [0.25, 0.3) is 0 Å². The number of carbonyl (C=O) groups excluding carboxylic acids is 1. The fourth-order valence-corrected chi connectivity index (χ4v) is 7.76. The average Bonchev–Trinajstić information content (AvgIpc) is 2.84. The molecule has 150 valence electrons. The van der Waals surface area contributed by atoms with Crippen molar-refractivity contribution in [3.05, 3.63) is 29.8 Å². The number of hydrogen-bond acceptors (Lipinski definition) is 4. The molecule has 1 saturated carbocycles. The molecule has 0 spiro atoms. The Hall–Kier alpha value is -1.40. The SMILES string of the molecule is COC(=O)C1(C)CC2C(C)(C)CCCC2(C)N1S(=O)(=O)c1ccc(C)cc1. The van der Waals surface area contributed by atoms with Crippen molar-refractivity contribution >= 4 is 16.0 Å². The second-order valence-corrected chi connectivity index (χ2v) is 11.1. The van der Waals surface area contributed by atoms with E-state index in [2.05, 4.69) is 13.8 Å². The van der Waals surface area contributed by atoms with Crippen LogP contribution in [-0.2, 0) is 19.6 Å². The molecular weight excluding hydrogens is 362 g/mol. The molecule has 1 aromatic rings. The smallest absolute Gasteiger partial charge is 0.327 e. The van der Waals surface area contributed by atoms with Crippen molar-refractivity contribution in [1.29, 1.82) is 0 Å². The third-order valence-electron chi connectivity index (χ3n) is 6.90. The number of benzene rings is 1. The third kappa shape index (κ3) is 2.92.